The van der Waals surface area contributed by atoms with E-state index >= 15 is 0 Å². The van der Waals surface area contributed by atoms with Crippen LogP contribution in [0.25, 0.3) is 10.2 Å². The number of nitrogens with one attached hydrogen (secondary N) is 1. The van der Waals surface area contributed by atoms with Gasteiger partial charge in [0.2, 0.25) is 0 Å². The summed E-state index contributed by atoms with van der Waals surface area (Å²) in [5, 5.41) is 17.7. The number of halogens is 2. The second-order valence-corrected chi connectivity index (χ2v) is 8.95. The van der Waals surface area contributed by atoms with E-state index in [1.165, 1.54) is 11.3 Å². The van der Waals surface area contributed by atoms with E-state index in [2.05, 4.69) is 42.2 Å². The Kier molecular flexibility index (Phi) is 4.59. The fourth-order valence-electron chi connectivity index (χ4n) is 3.09. The summed E-state index contributed by atoms with van der Waals surface area (Å²) in [7, 11) is 1.97. The largest absolute Gasteiger partial charge is 0.623 e. The number of hydrogen-bond donors (Lipinski definition) is 1. The number of hydroxylamine groups is 2. The Morgan fingerprint density at radius 1 is 1.24 bits per heavy atom. The molecule has 2 heterocycles. The minimum Gasteiger partial charge on any atom is -0.623 e. The number of thiazole rings is 1. The van der Waals surface area contributed by atoms with Crippen LogP contribution in [0.5, 0.6) is 0 Å². The van der Waals surface area contributed by atoms with Gasteiger partial charge in [0, 0.05) is 14.6 Å². The lowest BCUT2D eigenvalue weighted by Gasteiger charge is -2.40. The second kappa shape index (κ2) is 6.61. The van der Waals surface area contributed by atoms with E-state index in [-0.39, 0.29) is 6.17 Å². The van der Waals surface area contributed by atoms with Gasteiger partial charge in [0.25, 0.3) is 5.13 Å². The number of para-hydroxylation sites is 1. The second-order valence-electron chi connectivity index (χ2n) is 6.23. The predicted octanol–water partition coefficient (Wildman–Crippen LogP) is 4.97. The van der Waals surface area contributed by atoms with Crippen LogP contribution in [0.15, 0.2) is 51.4 Å². The van der Waals surface area contributed by atoms with Gasteiger partial charge in [-0.3, -0.25) is 9.55 Å². The van der Waals surface area contributed by atoms with E-state index in [1.54, 1.807) is 0 Å². The van der Waals surface area contributed by atoms with E-state index in [1.807, 2.05) is 54.4 Å². The Hall–Kier alpha value is -1.03. The molecule has 5 nitrogen and oxygen atoms in total. The Morgan fingerprint density at radius 2 is 2.04 bits per heavy atom. The third-order valence-corrected chi connectivity index (χ3v) is 7.33. The van der Waals surface area contributed by atoms with Gasteiger partial charge >= 0.3 is 0 Å². The molecule has 0 spiro atoms. The topological polar surface area (TPSA) is 51.2 Å². The number of hydrogen-bond acceptors (Lipinski definition) is 5. The van der Waals surface area contributed by atoms with Crippen molar-refractivity contribution in [1.29, 1.82) is 0 Å². The smallest absolute Gasteiger partial charge is 0.290 e. The highest BCUT2D eigenvalue weighted by Crippen LogP contribution is 2.37. The first-order valence-corrected chi connectivity index (χ1v) is 10.2. The molecule has 1 saturated heterocycles. The number of nitrogens with zero attached hydrogens (tertiary/aromatic N) is 3. The summed E-state index contributed by atoms with van der Waals surface area (Å²) in [6, 6.07) is 13.8. The van der Waals surface area contributed by atoms with Gasteiger partial charge in [-0.1, -0.05) is 23.5 Å². The molecule has 2 aromatic carbocycles. The van der Waals surface area contributed by atoms with Crippen LogP contribution >= 0.6 is 43.2 Å². The maximum absolute atomic E-state index is 13.7. The van der Waals surface area contributed by atoms with Gasteiger partial charge in [-0.05, 0) is 69.2 Å². The lowest BCUT2D eigenvalue weighted by atomic mass is 10.3. The highest BCUT2D eigenvalue weighted by atomic mass is 79.9. The van der Waals surface area contributed by atoms with Crippen molar-refractivity contribution in [3.8, 4) is 0 Å². The van der Waals surface area contributed by atoms with Gasteiger partial charge in [0.05, 0.1) is 16.8 Å². The molecule has 2 unspecified atom stereocenters. The molecule has 1 fully saturated rings. The molecule has 25 heavy (non-hydrogen) atoms. The number of fused-ring (bicyclic) bond motifs is 1. The lowest BCUT2D eigenvalue weighted by molar-refractivity contribution is 0.323. The molecule has 8 heteroatoms. The molecular formula is C17H16Br2N4OS. The molecule has 130 valence electrons. The number of aromatic nitrogens is 1. The summed E-state index contributed by atoms with van der Waals surface area (Å²) < 4.78 is 2.50. The van der Waals surface area contributed by atoms with Crippen molar-refractivity contribution in [3.05, 3.63) is 56.6 Å². The fraction of sp³-hybridized carbons (Fsp3) is 0.235. The van der Waals surface area contributed by atoms with Crippen LogP contribution in [0, 0.1) is 5.21 Å². The maximum atomic E-state index is 13.7. The van der Waals surface area contributed by atoms with Gasteiger partial charge in [-0.15, -0.1) is 0 Å². The van der Waals surface area contributed by atoms with Crippen LogP contribution in [-0.2, 0) is 0 Å². The first-order chi connectivity index (χ1) is 12.0. The summed E-state index contributed by atoms with van der Waals surface area (Å²) in [5.74, 6) is 0. The Bertz CT molecular complexity index is 901. The third kappa shape index (κ3) is 3.22. The van der Waals surface area contributed by atoms with Crippen molar-refractivity contribution in [1.82, 2.24) is 14.5 Å². The number of anilines is 1. The summed E-state index contributed by atoms with van der Waals surface area (Å²) in [5.41, 5.74) is 1.80. The zero-order valence-corrected chi connectivity index (χ0v) is 17.4. The van der Waals surface area contributed by atoms with E-state index in [0.717, 1.165) is 24.8 Å². The summed E-state index contributed by atoms with van der Waals surface area (Å²) in [4.78, 5) is 6.67. The van der Waals surface area contributed by atoms with Gasteiger partial charge in [0.15, 0.2) is 6.17 Å². The van der Waals surface area contributed by atoms with Crippen LogP contribution in [0.3, 0.4) is 0 Å². The van der Waals surface area contributed by atoms with Gasteiger partial charge < -0.3 is 10.5 Å². The number of rotatable bonds is 3. The monoisotopic (exact) mass is 482 g/mol. The Balaban J connectivity index is 1.69. The summed E-state index contributed by atoms with van der Waals surface area (Å²) in [6.45, 7) is 1.04. The van der Waals surface area contributed by atoms with Crippen molar-refractivity contribution < 1.29 is 0 Å². The van der Waals surface area contributed by atoms with Crippen LogP contribution in [-0.4, -0.2) is 36.3 Å². The highest BCUT2D eigenvalue weighted by Gasteiger charge is 2.42. The average molecular weight is 484 g/mol. The molecule has 2 atom stereocenters. The lowest BCUT2D eigenvalue weighted by Crippen LogP contribution is -2.52. The molecule has 0 bridgehead atoms. The summed E-state index contributed by atoms with van der Waals surface area (Å²) in [6.07, 6.45) is -0.307. The van der Waals surface area contributed by atoms with Gasteiger partial charge in [-0.2, -0.15) is 4.98 Å². The minimum absolute atomic E-state index is 0.307. The zero-order chi connectivity index (χ0) is 17.6. The van der Waals surface area contributed by atoms with Crippen molar-refractivity contribution in [2.75, 3.05) is 25.6 Å². The molecule has 4 rings (SSSR count). The molecule has 0 aliphatic carbocycles. The first-order valence-electron chi connectivity index (χ1n) is 7.81. The van der Waals surface area contributed by atoms with E-state index in [0.29, 0.717) is 18.3 Å². The third-order valence-electron chi connectivity index (χ3n) is 4.30. The predicted molar refractivity (Wildman–Crippen MR) is 112 cm³/mol. The van der Waals surface area contributed by atoms with E-state index < -0.39 is 4.65 Å². The van der Waals surface area contributed by atoms with Crippen LogP contribution < -0.4 is 9.96 Å². The minimum atomic E-state index is -0.483. The van der Waals surface area contributed by atoms with Crippen LogP contribution in [0.4, 0.5) is 10.8 Å². The zero-order valence-electron chi connectivity index (χ0n) is 13.4. The van der Waals surface area contributed by atoms with E-state index in [4.69, 9.17) is 0 Å². The van der Waals surface area contributed by atoms with Crippen molar-refractivity contribution in [3.63, 3.8) is 0 Å². The molecule has 0 saturated carbocycles. The molecule has 0 radical (unpaired) electrons. The highest BCUT2D eigenvalue weighted by molar-refractivity contribution is 9.13. The van der Waals surface area contributed by atoms with Gasteiger partial charge in [0.1, 0.15) is 6.67 Å². The quantitative estimate of drug-likeness (QED) is 0.422. The summed E-state index contributed by atoms with van der Waals surface area (Å²) >= 11 is 8.47. The fourth-order valence-corrected chi connectivity index (χ4v) is 4.76. The van der Waals surface area contributed by atoms with Crippen LogP contribution in [0.2, 0.25) is 0 Å². The van der Waals surface area contributed by atoms with Crippen molar-refractivity contribution >= 4 is 64.2 Å². The molecule has 1 aromatic heterocycles. The van der Waals surface area contributed by atoms with Crippen LogP contribution in [0.1, 0.15) is 0 Å². The molecule has 1 N–H and O–H groups in total. The molecule has 3 aromatic rings. The van der Waals surface area contributed by atoms with Crippen molar-refractivity contribution in [2.24, 2.45) is 0 Å². The van der Waals surface area contributed by atoms with E-state index in [9.17, 15) is 5.21 Å². The molecule has 1 aliphatic heterocycles. The molecule has 0 amide bonds. The molecular weight excluding hydrogens is 468 g/mol. The number of quaternary nitrogens is 1. The first kappa shape index (κ1) is 17.4. The SMILES string of the molecule is CN1CC(Nc2ccc(Br)c(Br)c2)[N+]([O-])(c2nc3ccccc3s2)C1. The maximum Gasteiger partial charge on any atom is 0.290 e. The van der Waals surface area contributed by atoms with Crippen molar-refractivity contribution in [2.45, 2.75) is 6.17 Å². The van der Waals surface area contributed by atoms with Gasteiger partial charge in [-0.25, -0.2) is 0 Å². The average Bonchev–Trinajstić information content (AvgIpc) is 3.13. The number of benzene rings is 2. The standard InChI is InChI=1S/C17H16Br2N4OS/c1-22-9-16(20-11-6-7-12(18)13(19)8-11)23(24,10-22)17-21-14-4-2-3-5-15(14)25-17/h2-8,16,20H,9-10H2,1H3. The normalized spacial score (nSPS) is 24.1. The molecule has 1 aliphatic rings. The Labute approximate surface area is 166 Å². The Morgan fingerprint density at radius 3 is 2.80 bits per heavy atom. The number of likely N-dealkylation sites (N-methyl/N-ethyl adjacent to an activating group) is 1.